The van der Waals surface area contributed by atoms with Crippen molar-refractivity contribution in [2.75, 3.05) is 32.8 Å². The summed E-state index contributed by atoms with van der Waals surface area (Å²) in [5.74, 6) is -0.840. The normalized spacial score (nSPS) is 16.2. The highest BCUT2D eigenvalue weighted by molar-refractivity contribution is 7.79. The van der Waals surface area contributed by atoms with Crippen molar-refractivity contribution in [3.05, 3.63) is 71.8 Å². The van der Waals surface area contributed by atoms with E-state index in [-0.39, 0.29) is 5.92 Å². The third-order valence-corrected chi connectivity index (χ3v) is 5.33. The van der Waals surface area contributed by atoms with Crippen LogP contribution in [0, 0.1) is 5.92 Å². The minimum absolute atomic E-state index is 0.0529. The Labute approximate surface area is 176 Å². The Morgan fingerprint density at radius 3 is 1.83 bits per heavy atom. The van der Waals surface area contributed by atoms with E-state index < -0.39 is 21.8 Å². The summed E-state index contributed by atoms with van der Waals surface area (Å²) in [6.07, 6.45) is 0. The molecule has 0 aliphatic carbocycles. The SMILES string of the molecule is CC(C[NH+]1CCOCC1)C(C(=O)O)(c1ccccc1)c1ccccc1.O=S(=O)([O-])O. The lowest BCUT2D eigenvalue weighted by Gasteiger charge is -2.38. The predicted molar refractivity (Wildman–Crippen MR) is 109 cm³/mol. The monoisotopic (exact) mass is 437 g/mol. The first kappa shape index (κ1) is 24.0. The molecule has 1 unspecified atom stereocenters. The molecule has 1 aliphatic rings. The molecular formula is C21H27NO7S. The minimum Gasteiger partial charge on any atom is -0.726 e. The van der Waals surface area contributed by atoms with E-state index in [1.54, 1.807) is 0 Å². The highest BCUT2D eigenvalue weighted by atomic mass is 32.3. The van der Waals surface area contributed by atoms with Gasteiger partial charge < -0.3 is 19.3 Å². The highest BCUT2D eigenvalue weighted by Gasteiger charge is 2.48. The van der Waals surface area contributed by atoms with E-state index in [2.05, 4.69) is 6.92 Å². The second-order valence-corrected chi connectivity index (χ2v) is 8.10. The van der Waals surface area contributed by atoms with Gasteiger partial charge in [0.1, 0.15) is 18.5 Å². The summed E-state index contributed by atoms with van der Waals surface area (Å²) >= 11 is 0. The van der Waals surface area contributed by atoms with Crippen LogP contribution in [-0.2, 0) is 25.3 Å². The number of hydrogen-bond acceptors (Lipinski definition) is 5. The van der Waals surface area contributed by atoms with Gasteiger partial charge in [0.05, 0.1) is 19.8 Å². The molecular weight excluding hydrogens is 410 g/mol. The third kappa shape index (κ3) is 6.35. The van der Waals surface area contributed by atoms with E-state index in [1.165, 1.54) is 4.90 Å². The molecule has 1 heterocycles. The van der Waals surface area contributed by atoms with Crippen molar-refractivity contribution >= 4 is 16.4 Å². The van der Waals surface area contributed by atoms with Gasteiger partial charge in [-0.1, -0.05) is 67.6 Å². The molecule has 2 aromatic carbocycles. The Morgan fingerprint density at radius 2 is 1.47 bits per heavy atom. The van der Waals surface area contributed by atoms with Crippen molar-refractivity contribution in [2.24, 2.45) is 5.92 Å². The maximum Gasteiger partial charge on any atom is 0.319 e. The van der Waals surface area contributed by atoms with Gasteiger partial charge in [-0.05, 0) is 11.1 Å². The fourth-order valence-electron chi connectivity index (χ4n) is 4.05. The van der Waals surface area contributed by atoms with E-state index in [0.717, 1.165) is 44.0 Å². The average Bonchev–Trinajstić information content (AvgIpc) is 2.69. The second kappa shape index (κ2) is 10.6. The van der Waals surface area contributed by atoms with Gasteiger partial charge in [0.25, 0.3) is 0 Å². The summed E-state index contributed by atoms with van der Waals surface area (Å²) < 4.78 is 38.3. The molecule has 0 aromatic heterocycles. The zero-order chi connectivity index (χ0) is 22.2. The largest absolute Gasteiger partial charge is 0.726 e. The molecule has 0 spiro atoms. The van der Waals surface area contributed by atoms with Crippen LogP contribution >= 0.6 is 0 Å². The molecule has 2 aromatic rings. The van der Waals surface area contributed by atoms with Gasteiger partial charge in [0.2, 0.25) is 10.4 Å². The van der Waals surface area contributed by atoms with Crippen LogP contribution in [0.4, 0.5) is 0 Å². The first-order valence-corrected chi connectivity index (χ1v) is 11.0. The number of nitrogens with one attached hydrogen (secondary N) is 1. The van der Waals surface area contributed by atoms with Gasteiger partial charge in [-0.2, -0.15) is 0 Å². The quantitative estimate of drug-likeness (QED) is 0.446. The molecule has 3 N–H and O–H groups in total. The van der Waals surface area contributed by atoms with Crippen molar-refractivity contribution in [3.8, 4) is 0 Å². The Bertz CT molecular complexity index is 850. The van der Waals surface area contributed by atoms with Crippen LogP contribution in [0.3, 0.4) is 0 Å². The fourth-order valence-corrected chi connectivity index (χ4v) is 4.05. The van der Waals surface area contributed by atoms with Gasteiger partial charge >= 0.3 is 5.97 Å². The Morgan fingerprint density at radius 1 is 1.07 bits per heavy atom. The molecule has 1 aliphatic heterocycles. The average molecular weight is 438 g/mol. The number of morpholine rings is 1. The van der Waals surface area contributed by atoms with Gasteiger partial charge in [-0.3, -0.25) is 9.35 Å². The fraction of sp³-hybridized carbons (Fsp3) is 0.381. The van der Waals surface area contributed by atoms with Gasteiger partial charge in [0.15, 0.2) is 0 Å². The minimum atomic E-state index is -4.92. The number of benzene rings is 2. The first-order valence-electron chi connectivity index (χ1n) is 9.59. The standard InChI is InChI=1S/C21H25NO3.H2O4S/c1-17(16-22-12-14-25-15-13-22)21(20(23)24,18-8-4-2-5-9-18)19-10-6-3-7-11-19;1-5(2,3)4/h2-11,17H,12-16H2,1H3,(H,23,24);(H2,1,2,3,4). The number of rotatable bonds is 6. The number of ether oxygens (including phenoxy) is 1. The topological polar surface area (TPSA) is 128 Å². The molecule has 30 heavy (non-hydrogen) atoms. The number of hydrogen-bond donors (Lipinski definition) is 3. The maximum atomic E-state index is 12.7. The number of carboxylic acid groups (broad SMARTS) is 1. The number of carboxylic acids is 1. The Kier molecular flexibility index (Phi) is 8.51. The van der Waals surface area contributed by atoms with Gasteiger partial charge in [-0.15, -0.1) is 0 Å². The molecule has 1 fully saturated rings. The molecule has 0 saturated carbocycles. The molecule has 1 saturated heterocycles. The number of aliphatic carboxylic acids is 1. The Hall–Kier alpha value is -2.30. The predicted octanol–water partition coefficient (Wildman–Crippen LogP) is 0.613. The molecule has 1 atom stereocenters. The smallest absolute Gasteiger partial charge is 0.319 e. The first-order chi connectivity index (χ1) is 14.2. The zero-order valence-corrected chi connectivity index (χ0v) is 17.5. The van der Waals surface area contributed by atoms with Crippen LogP contribution in [0.25, 0.3) is 0 Å². The number of quaternary nitrogens is 1. The van der Waals surface area contributed by atoms with Crippen LogP contribution in [0.5, 0.6) is 0 Å². The van der Waals surface area contributed by atoms with Gasteiger partial charge in [-0.25, -0.2) is 8.42 Å². The lowest BCUT2D eigenvalue weighted by atomic mass is 9.66. The summed E-state index contributed by atoms with van der Waals surface area (Å²) in [7, 11) is -4.92. The van der Waals surface area contributed by atoms with Crippen LogP contribution in [0.1, 0.15) is 18.1 Å². The molecule has 0 bridgehead atoms. The summed E-state index contributed by atoms with van der Waals surface area (Å²) in [5.41, 5.74) is 0.635. The lowest BCUT2D eigenvalue weighted by molar-refractivity contribution is -0.911. The van der Waals surface area contributed by atoms with E-state index in [4.69, 9.17) is 22.3 Å². The number of carbonyl (C=O) groups is 1. The van der Waals surface area contributed by atoms with Crippen molar-refractivity contribution in [2.45, 2.75) is 12.3 Å². The molecule has 0 radical (unpaired) electrons. The summed E-state index contributed by atoms with van der Waals surface area (Å²) in [6.45, 7) is 6.24. The molecule has 3 rings (SSSR count). The zero-order valence-electron chi connectivity index (χ0n) is 16.7. The van der Waals surface area contributed by atoms with Gasteiger partial charge in [0, 0.05) is 5.92 Å². The van der Waals surface area contributed by atoms with Crippen LogP contribution in [0.15, 0.2) is 60.7 Å². The second-order valence-electron chi connectivity index (χ2n) is 7.24. The van der Waals surface area contributed by atoms with Crippen LogP contribution in [0.2, 0.25) is 0 Å². The van der Waals surface area contributed by atoms with E-state index in [1.807, 2.05) is 60.7 Å². The van der Waals surface area contributed by atoms with Crippen molar-refractivity contribution in [3.63, 3.8) is 0 Å². The molecule has 0 amide bonds. The van der Waals surface area contributed by atoms with Crippen LogP contribution in [-0.4, -0.2) is 61.4 Å². The highest BCUT2D eigenvalue weighted by Crippen LogP contribution is 2.39. The van der Waals surface area contributed by atoms with Crippen molar-refractivity contribution in [1.29, 1.82) is 0 Å². The molecule has 8 nitrogen and oxygen atoms in total. The summed E-state index contributed by atoms with van der Waals surface area (Å²) in [6, 6.07) is 19.3. The Balaban J connectivity index is 0.000000575. The van der Waals surface area contributed by atoms with Crippen molar-refractivity contribution < 1.29 is 37.1 Å². The van der Waals surface area contributed by atoms with E-state index in [0.29, 0.717) is 0 Å². The summed E-state index contributed by atoms with van der Waals surface area (Å²) in [4.78, 5) is 14.1. The lowest BCUT2D eigenvalue weighted by Crippen LogP contribution is -3.15. The van der Waals surface area contributed by atoms with E-state index >= 15 is 0 Å². The van der Waals surface area contributed by atoms with E-state index in [9.17, 15) is 9.90 Å². The maximum absolute atomic E-state index is 12.7. The molecule has 9 heteroatoms. The third-order valence-electron chi connectivity index (χ3n) is 5.33. The molecule has 164 valence electrons. The van der Waals surface area contributed by atoms with Crippen LogP contribution < -0.4 is 4.90 Å². The van der Waals surface area contributed by atoms with Crippen molar-refractivity contribution in [1.82, 2.24) is 0 Å². The summed E-state index contributed by atoms with van der Waals surface area (Å²) in [5, 5.41) is 10.4.